The maximum absolute atomic E-state index is 3.65. The van der Waals surface area contributed by atoms with Crippen LogP contribution in [0, 0.1) is 0 Å². The maximum Gasteiger partial charge on any atom is 0.0466 e. The van der Waals surface area contributed by atoms with E-state index >= 15 is 0 Å². The third-order valence-corrected chi connectivity index (χ3v) is 4.10. The molecule has 1 saturated carbocycles. The zero-order valence-corrected chi connectivity index (χ0v) is 10.3. The Hall–Kier alpha value is -0.340. The lowest BCUT2D eigenvalue weighted by atomic mass is 9.71. The average molecular weight is 254 g/mol. The largest absolute Gasteiger partial charge is 0.300 e. The summed E-state index contributed by atoms with van der Waals surface area (Å²) in [7, 11) is 4.36. The van der Waals surface area contributed by atoms with Crippen molar-refractivity contribution in [3.8, 4) is 0 Å². The van der Waals surface area contributed by atoms with Gasteiger partial charge >= 0.3 is 0 Å². The van der Waals surface area contributed by atoms with Gasteiger partial charge in [-0.2, -0.15) is 0 Å². The van der Waals surface area contributed by atoms with Crippen LogP contribution in [0.4, 0.5) is 0 Å². The minimum absolute atomic E-state index is 0.292. The Morgan fingerprint density at radius 2 is 1.86 bits per heavy atom. The molecule has 0 N–H and O–H groups in total. The Labute approximate surface area is 94.2 Å². The first-order chi connectivity index (χ1) is 6.67. The van der Waals surface area contributed by atoms with Crippen LogP contribution in [0.25, 0.3) is 0 Å². The van der Waals surface area contributed by atoms with Crippen LogP contribution >= 0.6 is 15.9 Å². The smallest absolute Gasteiger partial charge is 0.0466 e. The summed E-state index contributed by atoms with van der Waals surface area (Å²) >= 11 is 3.65. The fraction of sp³-hybridized carbons (Fsp3) is 0.500. The van der Waals surface area contributed by atoms with Gasteiger partial charge in [0.2, 0.25) is 0 Å². The normalized spacial score (nSPS) is 19.4. The van der Waals surface area contributed by atoms with Gasteiger partial charge in [-0.1, -0.05) is 34.1 Å². The van der Waals surface area contributed by atoms with Crippen molar-refractivity contribution >= 4 is 15.9 Å². The van der Waals surface area contributed by atoms with Crippen LogP contribution in [-0.4, -0.2) is 19.0 Å². The van der Waals surface area contributed by atoms with Crippen molar-refractivity contribution in [3.05, 3.63) is 34.3 Å². The van der Waals surface area contributed by atoms with E-state index in [1.165, 1.54) is 29.3 Å². The molecule has 1 aliphatic carbocycles. The zero-order valence-electron chi connectivity index (χ0n) is 8.76. The Kier molecular flexibility index (Phi) is 2.67. The van der Waals surface area contributed by atoms with Gasteiger partial charge < -0.3 is 0 Å². The Morgan fingerprint density at radius 3 is 2.29 bits per heavy atom. The van der Waals surface area contributed by atoms with Gasteiger partial charge in [0, 0.05) is 10.0 Å². The molecule has 0 bridgehead atoms. The number of hydrogen-bond acceptors (Lipinski definition) is 1. The van der Waals surface area contributed by atoms with E-state index in [-0.39, 0.29) is 0 Å². The van der Waals surface area contributed by atoms with Crippen molar-refractivity contribution in [2.75, 3.05) is 14.1 Å². The second-order valence-corrected chi connectivity index (χ2v) is 5.11. The molecule has 1 aromatic carbocycles. The predicted molar refractivity (Wildman–Crippen MR) is 63.4 cm³/mol. The topological polar surface area (TPSA) is 3.24 Å². The SMILES string of the molecule is CN(C)C1(c2ccccc2Br)CCC1. The van der Waals surface area contributed by atoms with Gasteiger partial charge in [0.05, 0.1) is 0 Å². The van der Waals surface area contributed by atoms with Crippen molar-refractivity contribution in [2.24, 2.45) is 0 Å². The van der Waals surface area contributed by atoms with Crippen LogP contribution in [0.5, 0.6) is 0 Å². The molecule has 76 valence electrons. The quantitative estimate of drug-likeness (QED) is 0.781. The highest BCUT2D eigenvalue weighted by molar-refractivity contribution is 9.10. The summed E-state index contributed by atoms with van der Waals surface area (Å²) in [5, 5.41) is 0. The first-order valence-corrected chi connectivity index (χ1v) is 5.88. The highest BCUT2D eigenvalue weighted by Crippen LogP contribution is 2.47. The first kappa shape index (κ1) is 10.2. The van der Waals surface area contributed by atoms with E-state index in [0.29, 0.717) is 5.54 Å². The van der Waals surface area contributed by atoms with Gasteiger partial charge in [-0.05, 0) is 45.0 Å². The van der Waals surface area contributed by atoms with Crippen molar-refractivity contribution in [1.82, 2.24) is 4.90 Å². The van der Waals surface area contributed by atoms with Crippen molar-refractivity contribution in [1.29, 1.82) is 0 Å². The Balaban J connectivity index is 2.42. The minimum Gasteiger partial charge on any atom is -0.300 e. The standard InChI is InChI=1S/C12H16BrN/c1-14(2)12(8-5-9-12)10-6-3-4-7-11(10)13/h3-4,6-7H,5,8-9H2,1-2H3. The summed E-state index contributed by atoms with van der Waals surface area (Å²) in [6.45, 7) is 0. The lowest BCUT2D eigenvalue weighted by molar-refractivity contribution is 0.0570. The Morgan fingerprint density at radius 1 is 1.21 bits per heavy atom. The van der Waals surface area contributed by atoms with E-state index in [4.69, 9.17) is 0 Å². The summed E-state index contributed by atoms with van der Waals surface area (Å²) in [5.41, 5.74) is 1.73. The van der Waals surface area contributed by atoms with Crippen LogP contribution in [0.15, 0.2) is 28.7 Å². The molecule has 1 fully saturated rings. The molecule has 1 nitrogen and oxygen atoms in total. The molecule has 0 unspecified atom stereocenters. The van der Waals surface area contributed by atoms with Gasteiger partial charge in [0.25, 0.3) is 0 Å². The monoisotopic (exact) mass is 253 g/mol. The molecule has 2 rings (SSSR count). The summed E-state index contributed by atoms with van der Waals surface area (Å²) in [6, 6.07) is 8.58. The van der Waals surface area contributed by atoms with E-state index < -0.39 is 0 Å². The van der Waals surface area contributed by atoms with E-state index in [1.54, 1.807) is 0 Å². The van der Waals surface area contributed by atoms with Gasteiger partial charge in [-0.25, -0.2) is 0 Å². The average Bonchev–Trinajstić information content (AvgIpc) is 2.05. The molecule has 0 radical (unpaired) electrons. The fourth-order valence-corrected chi connectivity index (χ4v) is 2.96. The second-order valence-electron chi connectivity index (χ2n) is 4.26. The van der Waals surface area contributed by atoms with Gasteiger partial charge in [0.15, 0.2) is 0 Å². The number of benzene rings is 1. The number of halogens is 1. The van der Waals surface area contributed by atoms with Crippen LogP contribution in [-0.2, 0) is 5.54 Å². The molecule has 0 aliphatic heterocycles. The van der Waals surface area contributed by atoms with Crippen LogP contribution in [0.1, 0.15) is 24.8 Å². The molecule has 0 amide bonds. The summed E-state index contributed by atoms with van der Waals surface area (Å²) in [5.74, 6) is 0. The molecular weight excluding hydrogens is 238 g/mol. The molecule has 0 saturated heterocycles. The molecule has 1 aromatic rings. The van der Waals surface area contributed by atoms with E-state index in [9.17, 15) is 0 Å². The van der Waals surface area contributed by atoms with Crippen molar-refractivity contribution in [2.45, 2.75) is 24.8 Å². The fourth-order valence-electron chi connectivity index (χ4n) is 2.31. The third-order valence-electron chi connectivity index (χ3n) is 3.41. The van der Waals surface area contributed by atoms with Crippen LogP contribution in [0.2, 0.25) is 0 Å². The lowest BCUT2D eigenvalue weighted by Gasteiger charge is -2.48. The highest BCUT2D eigenvalue weighted by Gasteiger charge is 2.41. The van der Waals surface area contributed by atoms with E-state index in [2.05, 4.69) is 59.2 Å². The summed E-state index contributed by atoms with van der Waals surface area (Å²) in [4.78, 5) is 2.36. The molecule has 1 aliphatic rings. The summed E-state index contributed by atoms with van der Waals surface area (Å²) in [6.07, 6.45) is 3.91. The van der Waals surface area contributed by atoms with Gasteiger partial charge in [-0.15, -0.1) is 0 Å². The molecule has 14 heavy (non-hydrogen) atoms. The van der Waals surface area contributed by atoms with Gasteiger partial charge in [-0.3, -0.25) is 4.90 Å². The lowest BCUT2D eigenvalue weighted by Crippen LogP contribution is -2.47. The number of nitrogens with zero attached hydrogens (tertiary/aromatic N) is 1. The highest BCUT2D eigenvalue weighted by atomic mass is 79.9. The minimum atomic E-state index is 0.292. The maximum atomic E-state index is 3.65. The van der Waals surface area contributed by atoms with Gasteiger partial charge in [0.1, 0.15) is 0 Å². The second kappa shape index (κ2) is 3.67. The summed E-state index contributed by atoms with van der Waals surface area (Å²) < 4.78 is 1.24. The Bertz CT molecular complexity index is 329. The number of rotatable bonds is 2. The van der Waals surface area contributed by atoms with Crippen LogP contribution in [0.3, 0.4) is 0 Å². The molecule has 0 heterocycles. The van der Waals surface area contributed by atoms with E-state index in [1.807, 2.05) is 0 Å². The zero-order chi connectivity index (χ0) is 10.2. The molecule has 0 aromatic heterocycles. The predicted octanol–water partition coefficient (Wildman–Crippen LogP) is 3.39. The first-order valence-electron chi connectivity index (χ1n) is 5.09. The molecule has 2 heteroatoms. The molecule has 0 atom stereocenters. The van der Waals surface area contributed by atoms with Crippen LogP contribution < -0.4 is 0 Å². The van der Waals surface area contributed by atoms with Crippen molar-refractivity contribution < 1.29 is 0 Å². The molecule has 0 spiro atoms. The third kappa shape index (κ3) is 1.41. The van der Waals surface area contributed by atoms with E-state index in [0.717, 1.165) is 0 Å². The number of hydrogen-bond donors (Lipinski definition) is 0. The molecular formula is C12H16BrN. The van der Waals surface area contributed by atoms with Crippen molar-refractivity contribution in [3.63, 3.8) is 0 Å².